The van der Waals surface area contributed by atoms with E-state index in [9.17, 15) is 0 Å². The molecule has 1 aromatic carbocycles. The molecule has 0 fully saturated rings. The lowest BCUT2D eigenvalue weighted by atomic mass is 9.91. The molecular formula is C17H20N2O. The van der Waals surface area contributed by atoms with E-state index in [1.807, 2.05) is 31.4 Å². The van der Waals surface area contributed by atoms with Crippen LogP contribution in [-0.4, -0.2) is 19.1 Å². The highest BCUT2D eigenvalue weighted by atomic mass is 16.5. The number of rotatable bonds is 4. The van der Waals surface area contributed by atoms with Crippen molar-refractivity contribution in [2.24, 2.45) is 0 Å². The van der Waals surface area contributed by atoms with Crippen molar-refractivity contribution in [2.45, 2.75) is 24.8 Å². The molecule has 0 amide bonds. The van der Waals surface area contributed by atoms with Gasteiger partial charge in [0.2, 0.25) is 0 Å². The highest BCUT2D eigenvalue weighted by Gasteiger charge is 2.31. The lowest BCUT2D eigenvalue weighted by Gasteiger charge is -2.24. The van der Waals surface area contributed by atoms with Gasteiger partial charge in [0.25, 0.3) is 0 Å². The molecule has 0 saturated carbocycles. The second-order valence-electron chi connectivity index (χ2n) is 5.24. The molecule has 1 aliphatic carbocycles. The van der Waals surface area contributed by atoms with Gasteiger partial charge in [0.05, 0.1) is 7.11 Å². The number of methoxy groups -OCH3 is 1. The summed E-state index contributed by atoms with van der Waals surface area (Å²) in [6, 6.07) is 12.8. The Balaban J connectivity index is 1.95. The fraction of sp³-hybridized carbons (Fsp3) is 0.353. The van der Waals surface area contributed by atoms with Crippen LogP contribution in [0.3, 0.4) is 0 Å². The van der Waals surface area contributed by atoms with Crippen LogP contribution in [0, 0.1) is 0 Å². The summed E-state index contributed by atoms with van der Waals surface area (Å²) >= 11 is 0. The number of pyridine rings is 1. The van der Waals surface area contributed by atoms with E-state index >= 15 is 0 Å². The number of benzene rings is 1. The third-order valence-corrected chi connectivity index (χ3v) is 4.17. The Kier molecular flexibility index (Phi) is 3.70. The zero-order valence-corrected chi connectivity index (χ0v) is 12.0. The molecule has 1 heterocycles. The average Bonchev–Trinajstić information content (AvgIpc) is 2.93. The van der Waals surface area contributed by atoms with Crippen LogP contribution in [0.1, 0.15) is 35.2 Å². The van der Waals surface area contributed by atoms with E-state index in [4.69, 9.17) is 4.74 Å². The average molecular weight is 268 g/mol. The van der Waals surface area contributed by atoms with E-state index in [1.54, 1.807) is 7.11 Å². The molecule has 3 nitrogen and oxygen atoms in total. The molecule has 1 aliphatic rings. The first-order valence-electron chi connectivity index (χ1n) is 7.08. The molecule has 0 aliphatic heterocycles. The van der Waals surface area contributed by atoms with Crippen LogP contribution in [0.2, 0.25) is 0 Å². The van der Waals surface area contributed by atoms with Gasteiger partial charge >= 0.3 is 0 Å². The predicted octanol–water partition coefficient (Wildman–Crippen LogP) is 3.08. The molecule has 0 spiro atoms. The van der Waals surface area contributed by atoms with Crippen LogP contribution in [-0.2, 0) is 6.42 Å². The first-order chi connectivity index (χ1) is 9.83. The van der Waals surface area contributed by atoms with Gasteiger partial charge in [-0.3, -0.25) is 4.98 Å². The van der Waals surface area contributed by atoms with Crippen molar-refractivity contribution in [3.8, 4) is 5.75 Å². The number of fused-ring (bicyclic) bond motifs is 1. The molecule has 0 radical (unpaired) electrons. The molecule has 20 heavy (non-hydrogen) atoms. The summed E-state index contributed by atoms with van der Waals surface area (Å²) in [5, 5.41) is 3.46. The van der Waals surface area contributed by atoms with E-state index in [0.29, 0.717) is 5.92 Å². The molecule has 0 saturated heterocycles. The van der Waals surface area contributed by atoms with Crippen LogP contribution >= 0.6 is 0 Å². The Morgan fingerprint density at radius 1 is 1.30 bits per heavy atom. The van der Waals surface area contributed by atoms with Gasteiger partial charge in [0, 0.05) is 23.9 Å². The predicted molar refractivity (Wildman–Crippen MR) is 80.1 cm³/mol. The molecular weight excluding hydrogens is 248 g/mol. The standard InChI is InChI=1S/C17H20N2O/c1-18-16(13-5-3-7-14(11-13)20-2)15-9-8-12-6-4-10-19-17(12)15/h3-7,10-11,15-16,18H,8-9H2,1-2H3. The Bertz CT molecular complexity index is 597. The largest absolute Gasteiger partial charge is 0.497 e. The molecule has 2 unspecified atom stereocenters. The molecule has 104 valence electrons. The Labute approximate surface area is 120 Å². The van der Waals surface area contributed by atoms with Crippen molar-refractivity contribution in [2.75, 3.05) is 14.2 Å². The second kappa shape index (κ2) is 5.63. The minimum Gasteiger partial charge on any atom is -0.497 e. The smallest absolute Gasteiger partial charge is 0.119 e. The zero-order valence-electron chi connectivity index (χ0n) is 12.0. The maximum absolute atomic E-state index is 5.34. The van der Waals surface area contributed by atoms with E-state index in [0.717, 1.165) is 18.6 Å². The molecule has 3 rings (SSSR count). The first kappa shape index (κ1) is 13.1. The Morgan fingerprint density at radius 2 is 2.20 bits per heavy atom. The lowest BCUT2D eigenvalue weighted by Crippen LogP contribution is -2.23. The van der Waals surface area contributed by atoms with Gasteiger partial charge in [0.15, 0.2) is 0 Å². The minimum atomic E-state index is 0.279. The Morgan fingerprint density at radius 3 is 3.00 bits per heavy atom. The highest BCUT2D eigenvalue weighted by Crippen LogP contribution is 2.40. The fourth-order valence-corrected chi connectivity index (χ4v) is 3.20. The van der Waals surface area contributed by atoms with Crippen LogP contribution in [0.4, 0.5) is 0 Å². The molecule has 1 N–H and O–H groups in total. The number of likely N-dealkylation sites (N-methyl/N-ethyl adjacent to an activating group) is 1. The zero-order chi connectivity index (χ0) is 13.9. The molecule has 0 bridgehead atoms. The summed E-state index contributed by atoms with van der Waals surface area (Å²) in [4.78, 5) is 4.61. The summed E-state index contributed by atoms with van der Waals surface area (Å²) in [6.45, 7) is 0. The summed E-state index contributed by atoms with van der Waals surface area (Å²) < 4.78 is 5.34. The summed E-state index contributed by atoms with van der Waals surface area (Å²) in [6.07, 6.45) is 4.17. The van der Waals surface area contributed by atoms with Gasteiger partial charge in [0.1, 0.15) is 5.75 Å². The number of hydrogen-bond donors (Lipinski definition) is 1. The molecule has 1 aromatic heterocycles. The van der Waals surface area contributed by atoms with Crippen molar-refractivity contribution in [3.05, 3.63) is 59.4 Å². The van der Waals surface area contributed by atoms with Gasteiger partial charge in [-0.05, 0) is 49.2 Å². The second-order valence-corrected chi connectivity index (χ2v) is 5.24. The van der Waals surface area contributed by atoms with Crippen LogP contribution < -0.4 is 10.1 Å². The van der Waals surface area contributed by atoms with Crippen molar-refractivity contribution >= 4 is 0 Å². The molecule has 2 atom stereocenters. The topological polar surface area (TPSA) is 34.1 Å². The monoisotopic (exact) mass is 268 g/mol. The number of aromatic nitrogens is 1. The summed E-state index contributed by atoms with van der Waals surface area (Å²) in [7, 11) is 3.73. The number of hydrogen-bond acceptors (Lipinski definition) is 3. The lowest BCUT2D eigenvalue weighted by molar-refractivity contribution is 0.411. The van der Waals surface area contributed by atoms with Crippen molar-refractivity contribution in [1.29, 1.82) is 0 Å². The van der Waals surface area contributed by atoms with E-state index in [1.165, 1.54) is 16.8 Å². The van der Waals surface area contributed by atoms with Crippen LogP contribution in [0.15, 0.2) is 42.6 Å². The molecule has 2 aromatic rings. The quantitative estimate of drug-likeness (QED) is 0.925. The number of nitrogens with one attached hydrogen (secondary N) is 1. The maximum atomic E-state index is 5.34. The highest BCUT2D eigenvalue weighted by molar-refractivity contribution is 5.36. The summed E-state index contributed by atoms with van der Waals surface area (Å²) in [5.74, 6) is 1.34. The first-order valence-corrected chi connectivity index (χ1v) is 7.08. The fourth-order valence-electron chi connectivity index (χ4n) is 3.20. The van der Waals surface area contributed by atoms with Gasteiger partial charge in [-0.1, -0.05) is 18.2 Å². The number of nitrogens with zero attached hydrogens (tertiary/aromatic N) is 1. The van der Waals surface area contributed by atoms with E-state index in [2.05, 4.69) is 28.5 Å². The SMILES string of the molecule is CNC(c1cccc(OC)c1)C1CCc2cccnc21. The van der Waals surface area contributed by atoms with Gasteiger partial charge < -0.3 is 10.1 Å². The van der Waals surface area contributed by atoms with Crippen molar-refractivity contribution < 1.29 is 4.74 Å². The van der Waals surface area contributed by atoms with E-state index in [-0.39, 0.29) is 6.04 Å². The Hall–Kier alpha value is -1.87. The minimum absolute atomic E-state index is 0.279. The number of ether oxygens (including phenoxy) is 1. The summed E-state index contributed by atoms with van der Waals surface area (Å²) in [5.41, 5.74) is 3.89. The van der Waals surface area contributed by atoms with Crippen molar-refractivity contribution in [1.82, 2.24) is 10.3 Å². The van der Waals surface area contributed by atoms with Crippen LogP contribution in [0.25, 0.3) is 0 Å². The third-order valence-electron chi connectivity index (χ3n) is 4.17. The molecule has 3 heteroatoms. The number of aryl methyl sites for hydroxylation is 1. The normalized spacial score (nSPS) is 18.6. The van der Waals surface area contributed by atoms with Gasteiger partial charge in [-0.2, -0.15) is 0 Å². The van der Waals surface area contributed by atoms with Crippen LogP contribution in [0.5, 0.6) is 5.75 Å². The van der Waals surface area contributed by atoms with Gasteiger partial charge in [-0.25, -0.2) is 0 Å². The van der Waals surface area contributed by atoms with Gasteiger partial charge in [-0.15, -0.1) is 0 Å². The third kappa shape index (κ3) is 2.29. The van der Waals surface area contributed by atoms with E-state index < -0.39 is 0 Å². The van der Waals surface area contributed by atoms with Crippen molar-refractivity contribution in [3.63, 3.8) is 0 Å². The maximum Gasteiger partial charge on any atom is 0.119 e.